The molecule has 1 N–H and O–H groups in total. The largest absolute Gasteiger partial charge is 0.316 e. The molecule has 0 aliphatic heterocycles. The van der Waals surface area contributed by atoms with E-state index in [9.17, 15) is 4.21 Å². The Morgan fingerprint density at radius 1 is 1.18 bits per heavy atom. The molecule has 1 rings (SSSR count). The second-order valence-electron chi connectivity index (χ2n) is 5.18. The Balaban J connectivity index is 2.64. The van der Waals surface area contributed by atoms with Gasteiger partial charge in [-0.15, -0.1) is 0 Å². The Hall–Kier alpha value is -0.670. The molecule has 0 spiro atoms. The van der Waals surface area contributed by atoms with E-state index in [-0.39, 0.29) is 5.41 Å². The van der Waals surface area contributed by atoms with Crippen LogP contribution in [0.2, 0.25) is 0 Å². The maximum absolute atomic E-state index is 12.0. The first-order valence-corrected chi connectivity index (χ1v) is 7.46. The van der Waals surface area contributed by atoms with Crippen molar-refractivity contribution in [2.45, 2.75) is 38.0 Å². The lowest BCUT2D eigenvalue weighted by Gasteiger charge is -2.19. The van der Waals surface area contributed by atoms with Gasteiger partial charge < -0.3 is 5.32 Å². The molecular formula is C14H23NOS. The number of nitrogens with one attached hydrogen (secondary N) is 1. The third-order valence-corrected chi connectivity index (χ3v) is 4.07. The first-order valence-electron chi connectivity index (χ1n) is 6.15. The van der Waals surface area contributed by atoms with E-state index in [4.69, 9.17) is 0 Å². The van der Waals surface area contributed by atoms with Crippen molar-refractivity contribution in [2.75, 3.05) is 18.8 Å². The number of rotatable bonds is 5. The van der Waals surface area contributed by atoms with E-state index in [0.29, 0.717) is 5.75 Å². The van der Waals surface area contributed by atoms with Gasteiger partial charge in [-0.2, -0.15) is 0 Å². The van der Waals surface area contributed by atoms with E-state index in [0.717, 1.165) is 18.0 Å². The molecule has 0 saturated carbocycles. The molecule has 2 nitrogen and oxygen atoms in total. The molecule has 0 fully saturated rings. The van der Waals surface area contributed by atoms with Gasteiger partial charge in [-0.1, -0.05) is 39.8 Å². The molecule has 0 aromatic heterocycles. The summed E-state index contributed by atoms with van der Waals surface area (Å²) in [7, 11) is -0.882. The minimum Gasteiger partial charge on any atom is -0.316 e. The first kappa shape index (κ1) is 14.4. The summed E-state index contributed by atoms with van der Waals surface area (Å²) >= 11 is 0. The fraction of sp³-hybridized carbons (Fsp3) is 0.571. The van der Waals surface area contributed by atoms with Crippen LogP contribution in [0.4, 0.5) is 0 Å². The van der Waals surface area contributed by atoms with Gasteiger partial charge in [-0.3, -0.25) is 4.21 Å². The quantitative estimate of drug-likeness (QED) is 0.818. The van der Waals surface area contributed by atoms with Crippen LogP contribution in [-0.2, 0) is 16.2 Å². The first-order chi connectivity index (χ1) is 7.95. The van der Waals surface area contributed by atoms with E-state index in [2.05, 4.69) is 45.1 Å². The van der Waals surface area contributed by atoms with Gasteiger partial charge in [0, 0.05) is 17.2 Å². The molecule has 1 atom stereocenters. The summed E-state index contributed by atoms with van der Waals surface area (Å²) in [5.74, 6) is 0.683. The maximum atomic E-state index is 12.0. The molecule has 0 saturated heterocycles. The second kappa shape index (κ2) is 6.31. The normalized spacial score (nSPS) is 13.6. The lowest BCUT2D eigenvalue weighted by Crippen LogP contribution is -2.20. The highest BCUT2D eigenvalue weighted by molar-refractivity contribution is 7.85. The predicted molar refractivity (Wildman–Crippen MR) is 75.0 cm³/mol. The Kier molecular flexibility index (Phi) is 5.34. The van der Waals surface area contributed by atoms with Crippen molar-refractivity contribution in [3.63, 3.8) is 0 Å². The Morgan fingerprint density at radius 3 is 2.24 bits per heavy atom. The summed E-state index contributed by atoms with van der Waals surface area (Å²) in [6, 6.07) is 8.15. The minimum atomic E-state index is -0.882. The topological polar surface area (TPSA) is 29.1 Å². The van der Waals surface area contributed by atoms with Gasteiger partial charge >= 0.3 is 0 Å². The Morgan fingerprint density at radius 2 is 1.76 bits per heavy atom. The van der Waals surface area contributed by atoms with Crippen LogP contribution in [0.1, 0.15) is 33.3 Å². The third kappa shape index (κ3) is 4.60. The summed E-state index contributed by atoms with van der Waals surface area (Å²) in [5.41, 5.74) is 1.44. The summed E-state index contributed by atoms with van der Waals surface area (Å²) in [5, 5.41) is 3.19. The van der Waals surface area contributed by atoms with Crippen molar-refractivity contribution in [3.8, 4) is 0 Å². The fourth-order valence-corrected chi connectivity index (χ4v) is 2.57. The molecule has 1 unspecified atom stereocenters. The summed E-state index contributed by atoms with van der Waals surface area (Å²) in [6.45, 7) is 10.4. The van der Waals surface area contributed by atoms with Gasteiger partial charge in [0.15, 0.2) is 0 Å². The van der Waals surface area contributed by atoms with Crippen molar-refractivity contribution in [1.29, 1.82) is 0 Å². The predicted octanol–water partition coefficient (Wildman–Crippen LogP) is 2.70. The van der Waals surface area contributed by atoms with Crippen LogP contribution in [-0.4, -0.2) is 23.1 Å². The van der Waals surface area contributed by atoms with Gasteiger partial charge in [0.2, 0.25) is 0 Å². The SMILES string of the molecule is CCNCCS(=O)c1ccc(C(C)(C)C)cc1. The van der Waals surface area contributed by atoms with Crippen molar-refractivity contribution in [1.82, 2.24) is 5.32 Å². The fourth-order valence-electron chi connectivity index (χ4n) is 1.57. The highest BCUT2D eigenvalue weighted by Crippen LogP contribution is 2.22. The van der Waals surface area contributed by atoms with Crippen LogP contribution >= 0.6 is 0 Å². The second-order valence-corrected chi connectivity index (χ2v) is 6.75. The summed E-state index contributed by atoms with van der Waals surface area (Å²) in [4.78, 5) is 0.927. The smallest absolute Gasteiger partial charge is 0.0542 e. The van der Waals surface area contributed by atoms with Crippen LogP contribution in [0.25, 0.3) is 0 Å². The van der Waals surface area contributed by atoms with E-state index >= 15 is 0 Å². The molecule has 1 aromatic carbocycles. The van der Waals surface area contributed by atoms with Gasteiger partial charge in [0.25, 0.3) is 0 Å². The van der Waals surface area contributed by atoms with Gasteiger partial charge in [-0.25, -0.2) is 0 Å². The zero-order valence-electron chi connectivity index (χ0n) is 11.2. The number of hydrogen-bond acceptors (Lipinski definition) is 2. The van der Waals surface area contributed by atoms with Gasteiger partial charge in [-0.05, 0) is 29.7 Å². The van der Waals surface area contributed by atoms with Crippen LogP contribution in [0.15, 0.2) is 29.2 Å². The standard InChI is InChI=1S/C14H23NOS/c1-5-15-10-11-17(16)13-8-6-12(7-9-13)14(2,3)4/h6-9,15H,5,10-11H2,1-4H3. The zero-order valence-corrected chi connectivity index (χ0v) is 12.1. The molecule has 17 heavy (non-hydrogen) atoms. The molecule has 0 amide bonds. The number of hydrogen-bond donors (Lipinski definition) is 1. The molecule has 0 bridgehead atoms. The highest BCUT2D eigenvalue weighted by Gasteiger charge is 2.13. The molecule has 1 aromatic rings. The zero-order chi connectivity index (χ0) is 12.9. The Bertz CT molecular complexity index is 365. The lowest BCUT2D eigenvalue weighted by molar-refractivity contribution is 0.589. The van der Waals surface area contributed by atoms with Crippen LogP contribution < -0.4 is 5.32 Å². The van der Waals surface area contributed by atoms with E-state index < -0.39 is 10.8 Å². The van der Waals surface area contributed by atoms with Gasteiger partial charge in [0.05, 0.1) is 10.8 Å². The summed E-state index contributed by atoms with van der Waals surface area (Å²) in [6.07, 6.45) is 0. The van der Waals surface area contributed by atoms with Crippen molar-refractivity contribution in [3.05, 3.63) is 29.8 Å². The number of benzene rings is 1. The highest BCUT2D eigenvalue weighted by atomic mass is 32.2. The average molecular weight is 253 g/mol. The minimum absolute atomic E-state index is 0.157. The average Bonchev–Trinajstić information content (AvgIpc) is 2.28. The molecule has 3 heteroatoms. The molecular weight excluding hydrogens is 230 g/mol. The van der Waals surface area contributed by atoms with Crippen molar-refractivity contribution in [2.24, 2.45) is 0 Å². The lowest BCUT2D eigenvalue weighted by atomic mass is 9.87. The van der Waals surface area contributed by atoms with E-state index in [1.54, 1.807) is 0 Å². The molecule has 0 aliphatic rings. The van der Waals surface area contributed by atoms with E-state index in [1.165, 1.54) is 5.56 Å². The van der Waals surface area contributed by atoms with Crippen molar-refractivity contribution < 1.29 is 4.21 Å². The van der Waals surface area contributed by atoms with Crippen LogP contribution in [0, 0.1) is 0 Å². The van der Waals surface area contributed by atoms with E-state index in [1.807, 2.05) is 12.1 Å². The molecule has 0 heterocycles. The van der Waals surface area contributed by atoms with Gasteiger partial charge in [0.1, 0.15) is 0 Å². The van der Waals surface area contributed by atoms with Crippen molar-refractivity contribution >= 4 is 10.8 Å². The summed E-state index contributed by atoms with van der Waals surface area (Å²) < 4.78 is 12.0. The Labute approximate surface area is 107 Å². The third-order valence-electron chi connectivity index (χ3n) is 2.70. The maximum Gasteiger partial charge on any atom is 0.0542 e. The molecule has 0 radical (unpaired) electrons. The van der Waals surface area contributed by atoms with Crippen LogP contribution in [0.3, 0.4) is 0 Å². The molecule has 96 valence electrons. The van der Waals surface area contributed by atoms with Crippen LogP contribution in [0.5, 0.6) is 0 Å². The monoisotopic (exact) mass is 253 g/mol. The molecule has 0 aliphatic carbocycles.